The Morgan fingerprint density at radius 3 is 2.55 bits per heavy atom. The van der Waals surface area contributed by atoms with Gasteiger partial charge >= 0.3 is 0 Å². The molecule has 0 spiro atoms. The van der Waals surface area contributed by atoms with Crippen molar-refractivity contribution in [2.24, 2.45) is 0 Å². The first-order valence-electron chi connectivity index (χ1n) is 5.48. The van der Waals surface area contributed by atoms with Gasteiger partial charge in [0.15, 0.2) is 5.82 Å². The Labute approximate surface area is 114 Å². The van der Waals surface area contributed by atoms with E-state index in [1.54, 1.807) is 0 Å². The Morgan fingerprint density at radius 2 is 1.95 bits per heavy atom. The van der Waals surface area contributed by atoms with Crippen LogP contribution in [0.1, 0.15) is 0 Å². The summed E-state index contributed by atoms with van der Waals surface area (Å²) >= 11 is 0. The maximum Gasteiger partial charge on any atom is 0.267 e. The zero-order valence-electron chi connectivity index (χ0n) is 10.4. The zero-order chi connectivity index (χ0) is 14.9. The summed E-state index contributed by atoms with van der Waals surface area (Å²) < 4.78 is 52.4. The van der Waals surface area contributed by atoms with E-state index in [0.717, 1.165) is 16.4 Å². The number of aromatic nitrogens is 1. The van der Waals surface area contributed by atoms with Crippen LogP contribution in [0.4, 0.5) is 20.2 Å². The standard InChI is InChI=1S/C12H11F2N3O2S/c1-17(8-3-2-6-16-7-8)20(18,19)10-5-4-9(13)12(15)11(10)14/h2-7H,15H2,1H3. The molecule has 8 heteroatoms. The molecule has 106 valence electrons. The number of pyridine rings is 1. The highest BCUT2D eigenvalue weighted by atomic mass is 32.2. The van der Waals surface area contributed by atoms with Gasteiger partial charge in [-0.25, -0.2) is 17.2 Å². The lowest BCUT2D eigenvalue weighted by Gasteiger charge is -2.19. The smallest absolute Gasteiger partial charge is 0.267 e. The minimum Gasteiger partial charge on any atom is -0.394 e. The average molecular weight is 299 g/mol. The number of nitrogens with zero attached hydrogens (tertiary/aromatic N) is 2. The van der Waals surface area contributed by atoms with E-state index in [1.165, 1.54) is 31.6 Å². The fourth-order valence-corrected chi connectivity index (χ4v) is 2.83. The number of rotatable bonds is 3. The minimum absolute atomic E-state index is 0.245. The highest BCUT2D eigenvalue weighted by molar-refractivity contribution is 7.92. The van der Waals surface area contributed by atoms with Gasteiger partial charge in [-0.3, -0.25) is 9.29 Å². The number of sulfonamides is 1. The number of halogens is 2. The second-order valence-corrected chi connectivity index (χ2v) is 5.89. The summed E-state index contributed by atoms with van der Waals surface area (Å²) in [5.41, 5.74) is 4.59. The van der Waals surface area contributed by atoms with Gasteiger partial charge in [0.25, 0.3) is 10.0 Å². The van der Waals surface area contributed by atoms with Gasteiger partial charge in [0.2, 0.25) is 0 Å². The van der Waals surface area contributed by atoms with Crippen molar-refractivity contribution in [1.82, 2.24) is 4.98 Å². The number of anilines is 2. The Kier molecular flexibility index (Phi) is 3.58. The van der Waals surface area contributed by atoms with E-state index in [-0.39, 0.29) is 5.69 Å². The van der Waals surface area contributed by atoms with Gasteiger partial charge in [-0.2, -0.15) is 0 Å². The van der Waals surface area contributed by atoms with E-state index >= 15 is 0 Å². The van der Waals surface area contributed by atoms with Crippen molar-refractivity contribution in [2.75, 3.05) is 17.1 Å². The molecule has 20 heavy (non-hydrogen) atoms. The Morgan fingerprint density at radius 1 is 1.25 bits per heavy atom. The van der Waals surface area contributed by atoms with Crippen molar-refractivity contribution in [1.29, 1.82) is 0 Å². The lowest BCUT2D eigenvalue weighted by atomic mass is 10.3. The highest BCUT2D eigenvalue weighted by Gasteiger charge is 2.27. The minimum atomic E-state index is -4.19. The van der Waals surface area contributed by atoms with Crippen molar-refractivity contribution >= 4 is 21.4 Å². The Hall–Kier alpha value is -2.22. The molecule has 0 saturated carbocycles. The van der Waals surface area contributed by atoms with Gasteiger partial charge < -0.3 is 5.73 Å². The van der Waals surface area contributed by atoms with Crippen LogP contribution >= 0.6 is 0 Å². The van der Waals surface area contributed by atoms with Gasteiger partial charge in [-0.05, 0) is 24.3 Å². The van der Waals surface area contributed by atoms with Gasteiger partial charge in [0.1, 0.15) is 16.4 Å². The van der Waals surface area contributed by atoms with Gasteiger partial charge in [0.05, 0.1) is 11.9 Å². The monoisotopic (exact) mass is 299 g/mol. The third kappa shape index (κ3) is 2.29. The molecular weight excluding hydrogens is 288 g/mol. The summed E-state index contributed by atoms with van der Waals surface area (Å²) in [6.45, 7) is 0. The molecule has 0 bridgehead atoms. The molecule has 1 heterocycles. The van der Waals surface area contributed by atoms with Crippen LogP contribution in [0.5, 0.6) is 0 Å². The Balaban J connectivity index is 2.54. The van der Waals surface area contributed by atoms with E-state index in [1.807, 2.05) is 0 Å². The number of benzene rings is 1. The first kappa shape index (κ1) is 14.2. The first-order chi connectivity index (χ1) is 9.35. The Bertz CT molecular complexity index is 736. The molecular formula is C12H11F2N3O2S. The van der Waals surface area contributed by atoms with Crippen LogP contribution in [-0.2, 0) is 10.0 Å². The fourth-order valence-electron chi connectivity index (χ4n) is 1.57. The van der Waals surface area contributed by atoms with Crippen molar-refractivity contribution in [2.45, 2.75) is 4.90 Å². The summed E-state index contributed by atoms with van der Waals surface area (Å²) in [4.78, 5) is 3.09. The molecule has 0 saturated heterocycles. The van der Waals surface area contributed by atoms with Crippen molar-refractivity contribution < 1.29 is 17.2 Å². The van der Waals surface area contributed by atoms with Crippen LogP contribution in [0.25, 0.3) is 0 Å². The number of hydrogen-bond acceptors (Lipinski definition) is 4. The van der Waals surface area contributed by atoms with Crippen LogP contribution in [0, 0.1) is 11.6 Å². The van der Waals surface area contributed by atoms with E-state index < -0.39 is 32.2 Å². The van der Waals surface area contributed by atoms with Crippen molar-refractivity contribution in [3.63, 3.8) is 0 Å². The van der Waals surface area contributed by atoms with E-state index in [9.17, 15) is 17.2 Å². The molecule has 0 amide bonds. The lowest BCUT2D eigenvalue weighted by molar-refractivity contribution is 0.554. The van der Waals surface area contributed by atoms with Gasteiger partial charge in [-0.1, -0.05) is 0 Å². The van der Waals surface area contributed by atoms with Crippen LogP contribution in [0.2, 0.25) is 0 Å². The van der Waals surface area contributed by atoms with E-state index in [4.69, 9.17) is 5.73 Å². The normalized spacial score (nSPS) is 11.3. The molecule has 1 aromatic heterocycles. The first-order valence-corrected chi connectivity index (χ1v) is 6.92. The predicted molar refractivity (Wildman–Crippen MR) is 70.6 cm³/mol. The molecule has 5 nitrogen and oxygen atoms in total. The van der Waals surface area contributed by atoms with E-state index in [0.29, 0.717) is 0 Å². The fraction of sp³-hybridized carbons (Fsp3) is 0.0833. The lowest BCUT2D eigenvalue weighted by Crippen LogP contribution is -2.27. The largest absolute Gasteiger partial charge is 0.394 e. The molecule has 2 N–H and O–H groups in total. The SMILES string of the molecule is CN(c1cccnc1)S(=O)(=O)c1ccc(F)c(N)c1F. The summed E-state index contributed by atoms with van der Waals surface area (Å²) in [5, 5.41) is 0. The predicted octanol–water partition coefficient (Wildman–Crippen LogP) is 1.77. The maximum atomic E-state index is 13.8. The molecule has 2 aromatic rings. The molecule has 0 unspecified atom stereocenters. The molecule has 1 aromatic carbocycles. The van der Waals surface area contributed by atoms with Crippen LogP contribution in [0.3, 0.4) is 0 Å². The van der Waals surface area contributed by atoms with Crippen LogP contribution < -0.4 is 10.0 Å². The topological polar surface area (TPSA) is 76.3 Å². The molecule has 0 atom stereocenters. The van der Waals surface area contributed by atoms with Gasteiger partial charge in [0, 0.05) is 13.2 Å². The molecule has 0 fully saturated rings. The van der Waals surface area contributed by atoms with E-state index in [2.05, 4.69) is 4.98 Å². The average Bonchev–Trinajstić information content (AvgIpc) is 2.44. The summed E-state index contributed by atoms with van der Waals surface area (Å²) in [7, 11) is -2.95. The van der Waals surface area contributed by atoms with Crippen LogP contribution in [0.15, 0.2) is 41.6 Å². The summed E-state index contributed by atoms with van der Waals surface area (Å²) in [5.74, 6) is -2.31. The highest BCUT2D eigenvalue weighted by Crippen LogP contribution is 2.27. The summed E-state index contributed by atoms with van der Waals surface area (Å²) in [6.07, 6.45) is 2.78. The maximum absolute atomic E-state index is 13.8. The number of hydrogen-bond donors (Lipinski definition) is 1. The quantitative estimate of drug-likeness (QED) is 0.876. The molecule has 0 aliphatic heterocycles. The number of nitrogen functional groups attached to an aromatic ring is 1. The summed E-state index contributed by atoms with van der Waals surface area (Å²) in [6, 6.07) is 4.68. The second-order valence-electron chi connectivity index (χ2n) is 3.96. The zero-order valence-corrected chi connectivity index (χ0v) is 11.2. The van der Waals surface area contributed by atoms with Crippen LogP contribution in [-0.4, -0.2) is 20.4 Å². The number of nitrogens with two attached hydrogens (primary N) is 1. The molecule has 2 rings (SSSR count). The van der Waals surface area contributed by atoms with Crippen molar-refractivity contribution in [3.8, 4) is 0 Å². The van der Waals surface area contributed by atoms with Crippen molar-refractivity contribution in [3.05, 3.63) is 48.3 Å². The molecule has 0 aliphatic rings. The molecule has 0 aliphatic carbocycles. The third-order valence-electron chi connectivity index (χ3n) is 2.74. The van der Waals surface area contributed by atoms with Gasteiger partial charge in [-0.15, -0.1) is 0 Å². The third-order valence-corrected chi connectivity index (χ3v) is 4.54. The second kappa shape index (κ2) is 5.04. The molecule has 0 radical (unpaired) electrons.